The maximum atomic E-state index is 13.1. The van der Waals surface area contributed by atoms with E-state index in [4.69, 9.17) is 4.74 Å². The quantitative estimate of drug-likeness (QED) is 0.532. The summed E-state index contributed by atoms with van der Waals surface area (Å²) in [6.45, 7) is 1.42. The maximum Gasteiger partial charge on any atom is 0.416 e. The standard InChI is InChI=1S/C25H20F3N3O4S/c1-16-24(32)31(14-17-5-4-7-20(11-17)25(26,27)28)15-19-12-21(9-10-22(19)35-16)30-36(33,34)23-8-3-2-6-18(23)13-29/h2-12,16,30H,14-15H2,1H3/t16-/m1/s1. The van der Waals surface area contributed by atoms with E-state index in [1.54, 1.807) is 6.07 Å². The zero-order valence-electron chi connectivity index (χ0n) is 18.9. The number of benzene rings is 3. The van der Waals surface area contributed by atoms with Crippen molar-refractivity contribution in [2.24, 2.45) is 0 Å². The van der Waals surface area contributed by atoms with Crippen LogP contribution in [0.5, 0.6) is 5.75 Å². The smallest absolute Gasteiger partial charge is 0.416 e. The number of halogens is 3. The van der Waals surface area contributed by atoms with Crippen LogP contribution >= 0.6 is 0 Å². The van der Waals surface area contributed by atoms with Gasteiger partial charge < -0.3 is 9.64 Å². The number of rotatable bonds is 5. The average molecular weight is 516 g/mol. The van der Waals surface area contributed by atoms with Crippen molar-refractivity contribution in [1.82, 2.24) is 4.90 Å². The highest BCUT2D eigenvalue weighted by Gasteiger charge is 2.32. The van der Waals surface area contributed by atoms with E-state index in [-0.39, 0.29) is 29.2 Å². The van der Waals surface area contributed by atoms with Crippen LogP contribution in [0.4, 0.5) is 18.9 Å². The van der Waals surface area contributed by atoms with Crippen LogP contribution in [0.15, 0.2) is 71.6 Å². The summed E-state index contributed by atoms with van der Waals surface area (Å²) in [5.41, 5.74) is 0.0921. The molecule has 0 unspecified atom stereocenters. The second-order valence-electron chi connectivity index (χ2n) is 8.19. The summed E-state index contributed by atoms with van der Waals surface area (Å²) in [7, 11) is -4.09. The normalized spacial score (nSPS) is 15.9. The molecular weight excluding hydrogens is 495 g/mol. The zero-order chi connectivity index (χ0) is 26.1. The fraction of sp³-hybridized carbons (Fsp3) is 0.200. The minimum Gasteiger partial charge on any atom is -0.481 e. The number of nitrogens with zero attached hydrogens (tertiary/aromatic N) is 2. The number of fused-ring (bicyclic) bond motifs is 1. The van der Waals surface area contributed by atoms with E-state index >= 15 is 0 Å². The lowest BCUT2D eigenvalue weighted by Crippen LogP contribution is -2.37. The third-order valence-corrected chi connectivity index (χ3v) is 7.00. The van der Waals surface area contributed by atoms with Gasteiger partial charge in [0.15, 0.2) is 6.10 Å². The van der Waals surface area contributed by atoms with Crippen LogP contribution in [0.2, 0.25) is 0 Å². The van der Waals surface area contributed by atoms with E-state index in [0.29, 0.717) is 16.9 Å². The fourth-order valence-corrected chi connectivity index (χ4v) is 5.07. The Morgan fingerprint density at radius 3 is 2.58 bits per heavy atom. The van der Waals surface area contributed by atoms with Gasteiger partial charge in [-0.25, -0.2) is 8.42 Å². The van der Waals surface area contributed by atoms with Crippen LogP contribution < -0.4 is 9.46 Å². The minimum atomic E-state index is -4.52. The van der Waals surface area contributed by atoms with Gasteiger partial charge in [0, 0.05) is 24.3 Å². The zero-order valence-corrected chi connectivity index (χ0v) is 19.7. The molecule has 3 aromatic carbocycles. The van der Waals surface area contributed by atoms with Crippen LogP contribution in [0.25, 0.3) is 0 Å². The highest BCUT2D eigenvalue weighted by atomic mass is 32.2. The highest BCUT2D eigenvalue weighted by molar-refractivity contribution is 7.92. The highest BCUT2D eigenvalue weighted by Crippen LogP contribution is 2.32. The topological polar surface area (TPSA) is 99.5 Å². The fourth-order valence-electron chi connectivity index (χ4n) is 3.87. The number of amides is 1. The number of carbonyl (C=O) groups is 1. The molecule has 1 N–H and O–H groups in total. The predicted molar refractivity (Wildman–Crippen MR) is 124 cm³/mol. The Morgan fingerprint density at radius 2 is 1.86 bits per heavy atom. The first-order valence-electron chi connectivity index (χ1n) is 10.7. The molecule has 0 bridgehead atoms. The summed E-state index contributed by atoms with van der Waals surface area (Å²) in [5.74, 6) is -0.0727. The van der Waals surface area contributed by atoms with Crippen LogP contribution in [-0.4, -0.2) is 25.3 Å². The van der Waals surface area contributed by atoms with Crippen molar-refractivity contribution < 1.29 is 31.1 Å². The maximum absolute atomic E-state index is 13.1. The molecule has 1 atom stereocenters. The lowest BCUT2D eigenvalue weighted by atomic mass is 10.1. The van der Waals surface area contributed by atoms with E-state index in [0.717, 1.165) is 12.1 Å². The SMILES string of the molecule is C[C@H]1Oc2ccc(NS(=O)(=O)c3ccccc3C#N)cc2CN(Cc2cccc(C(F)(F)F)c2)C1=O. The Hall–Kier alpha value is -4.04. The van der Waals surface area contributed by atoms with Crippen molar-refractivity contribution in [2.45, 2.75) is 37.2 Å². The number of sulfonamides is 1. The van der Waals surface area contributed by atoms with Crippen molar-refractivity contribution in [1.29, 1.82) is 5.26 Å². The van der Waals surface area contributed by atoms with Crippen molar-refractivity contribution in [3.63, 3.8) is 0 Å². The molecule has 0 saturated carbocycles. The monoisotopic (exact) mass is 515 g/mol. The lowest BCUT2D eigenvalue weighted by Gasteiger charge is -2.23. The van der Waals surface area contributed by atoms with Gasteiger partial charge in [-0.05, 0) is 55.0 Å². The van der Waals surface area contributed by atoms with Crippen LogP contribution in [0.3, 0.4) is 0 Å². The molecule has 0 radical (unpaired) electrons. The van der Waals surface area contributed by atoms with E-state index in [9.17, 15) is 31.6 Å². The minimum absolute atomic E-state index is 0.0148. The molecule has 186 valence electrons. The first kappa shape index (κ1) is 25.1. The number of ether oxygens (including phenoxy) is 1. The molecule has 1 heterocycles. The third kappa shape index (κ3) is 5.28. The number of hydrogen-bond donors (Lipinski definition) is 1. The Labute approximate surface area is 205 Å². The van der Waals surface area contributed by atoms with Gasteiger partial charge in [-0.1, -0.05) is 24.3 Å². The van der Waals surface area contributed by atoms with Gasteiger partial charge in [0.25, 0.3) is 15.9 Å². The molecule has 7 nitrogen and oxygen atoms in total. The van der Waals surface area contributed by atoms with Gasteiger partial charge in [0.1, 0.15) is 16.7 Å². The number of nitriles is 1. The van der Waals surface area contributed by atoms with Crippen molar-refractivity contribution in [3.05, 3.63) is 89.0 Å². The van der Waals surface area contributed by atoms with Crippen molar-refractivity contribution in [2.75, 3.05) is 4.72 Å². The number of carbonyl (C=O) groups excluding carboxylic acids is 1. The summed E-state index contributed by atoms with van der Waals surface area (Å²) in [6.07, 6.45) is -5.42. The van der Waals surface area contributed by atoms with Gasteiger partial charge in [0.05, 0.1) is 11.1 Å². The summed E-state index contributed by atoms with van der Waals surface area (Å²) in [6, 6.07) is 16.8. The van der Waals surface area contributed by atoms with Gasteiger partial charge in [-0.15, -0.1) is 0 Å². The molecule has 0 aliphatic carbocycles. The molecule has 1 aliphatic heterocycles. The first-order valence-corrected chi connectivity index (χ1v) is 12.2. The molecule has 4 rings (SSSR count). The van der Waals surface area contributed by atoms with Crippen molar-refractivity contribution in [3.8, 4) is 11.8 Å². The molecule has 0 aromatic heterocycles. The van der Waals surface area contributed by atoms with Crippen molar-refractivity contribution >= 4 is 21.6 Å². The molecule has 0 fully saturated rings. The number of nitrogens with one attached hydrogen (secondary N) is 1. The van der Waals surface area contributed by atoms with E-state index in [2.05, 4.69) is 4.72 Å². The molecule has 1 aliphatic rings. The Kier molecular flexibility index (Phi) is 6.65. The summed E-state index contributed by atoms with van der Waals surface area (Å²) >= 11 is 0. The summed E-state index contributed by atoms with van der Waals surface area (Å²) in [5, 5.41) is 9.24. The average Bonchev–Trinajstić information content (AvgIpc) is 2.94. The second-order valence-corrected chi connectivity index (χ2v) is 9.84. The Balaban J connectivity index is 1.62. The van der Waals surface area contributed by atoms with Crippen LogP contribution in [0.1, 0.15) is 29.2 Å². The molecule has 36 heavy (non-hydrogen) atoms. The summed E-state index contributed by atoms with van der Waals surface area (Å²) in [4.78, 5) is 14.1. The second kappa shape index (κ2) is 9.54. The lowest BCUT2D eigenvalue weighted by molar-refractivity contribution is -0.138. The first-order chi connectivity index (χ1) is 17.0. The molecule has 3 aromatic rings. The molecule has 11 heteroatoms. The van der Waals surface area contributed by atoms with Gasteiger partial charge in [0.2, 0.25) is 0 Å². The number of hydrogen-bond acceptors (Lipinski definition) is 5. The molecular formula is C25H20F3N3O4S. The molecule has 0 saturated heterocycles. The van der Waals surface area contributed by atoms with Crippen LogP contribution in [0, 0.1) is 11.3 Å². The van der Waals surface area contributed by atoms with Gasteiger partial charge >= 0.3 is 6.18 Å². The number of anilines is 1. The third-order valence-electron chi connectivity index (χ3n) is 5.56. The Morgan fingerprint density at radius 1 is 1.11 bits per heavy atom. The molecule has 1 amide bonds. The van der Waals surface area contributed by atoms with Gasteiger partial charge in [-0.3, -0.25) is 9.52 Å². The van der Waals surface area contributed by atoms with Crippen LogP contribution in [-0.2, 0) is 34.1 Å². The summed E-state index contributed by atoms with van der Waals surface area (Å²) < 4.78 is 73.3. The number of alkyl halides is 3. The van der Waals surface area contributed by atoms with E-state index in [1.165, 1.54) is 60.4 Å². The van der Waals surface area contributed by atoms with Gasteiger partial charge in [-0.2, -0.15) is 18.4 Å². The predicted octanol–water partition coefficient (Wildman–Crippen LogP) is 4.69. The largest absolute Gasteiger partial charge is 0.481 e. The van der Waals surface area contributed by atoms with E-state index in [1.807, 2.05) is 6.07 Å². The Bertz CT molecular complexity index is 1470. The molecule has 0 spiro atoms. The van der Waals surface area contributed by atoms with E-state index < -0.39 is 33.8 Å².